The highest BCUT2D eigenvalue weighted by atomic mass is 19.1. The molecular formula is C18H17FN6O2. The number of carbonyl (C=O) groups is 1. The van der Waals surface area contributed by atoms with Gasteiger partial charge in [0.1, 0.15) is 22.9 Å². The van der Waals surface area contributed by atoms with E-state index in [2.05, 4.69) is 32.3 Å². The highest BCUT2D eigenvalue weighted by molar-refractivity contribution is 5.99. The minimum Gasteiger partial charge on any atom is -0.377 e. The van der Waals surface area contributed by atoms with Gasteiger partial charge in [0.15, 0.2) is 5.82 Å². The fourth-order valence-corrected chi connectivity index (χ4v) is 3.15. The topological polar surface area (TPSA) is 111 Å². The van der Waals surface area contributed by atoms with Gasteiger partial charge >= 0.3 is 0 Å². The van der Waals surface area contributed by atoms with Gasteiger partial charge in [0.25, 0.3) is 5.91 Å². The lowest BCUT2D eigenvalue weighted by Gasteiger charge is -2.28. The van der Waals surface area contributed by atoms with E-state index < -0.39 is 11.7 Å². The van der Waals surface area contributed by atoms with Gasteiger partial charge in [0, 0.05) is 13.1 Å². The maximum absolute atomic E-state index is 14.6. The number of primary amides is 1. The van der Waals surface area contributed by atoms with Crippen molar-refractivity contribution >= 4 is 22.8 Å². The van der Waals surface area contributed by atoms with E-state index in [1.165, 1.54) is 6.07 Å². The molecule has 0 atom stereocenters. The number of nitrogens with zero attached hydrogens (tertiary/aromatic N) is 3. The van der Waals surface area contributed by atoms with Gasteiger partial charge in [-0.05, 0) is 18.9 Å². The lowest BCUT2D eigenvalue weighted by Crippen LogP contribution is -2.31. The smallest absolute Gasteiger partial charge is 0.255 e. The maximum Gasteiger partial charge on any atom is 0.255 e. The number of H-pyrrole nitrogens is 1. The molecule has 1 aromatic carbocycles. The van der Waals surface area contributed by atoms with Crippen LogP contribution in [0, 0.1) is 24.6 Å². The normalized spacial score (nSPS) is 13.9. The molecule has 0 spiro atoms. The zero-order chi connectivity index (χ0) is 19.1. The number of hydrogen-bond donors (Lipinski definition) is 3. The van der Waals surface area contributed by atoms with Crippen LogP contribution in [0.15, 0.2) is 12.1 Å². The second-order valence-corrected chi connectivity index (χ2v) is 6.23. The van der Waals surface area contributed by atoms with Gasteiger partial charge in [-0.2, -0.15) is 5.10 Å². The standard InChI is InChI=1S/C18H17FN6O2/c1-9-22-14-5-10(12(19)6-15(14)25(9)11-7-27-8-11)3-4-13-16(17(20)26)18(21-2)24-23-13/h5-6,11H,7-8H2,1-2H3,(H2,20,26)(H2,21,23,24). The van der Waals surface area contributed by atoms with E-state index >= 15 is 0 Å². The lowest BCUT2D eigenvalue weighted by molar-refractivity contribution is -0.0224. The van der Waals surface area contributed by atoms with E-state index in [0.29, 0.717) is 30.1 Å². The van der Waals surface area contributed by atoms with Crippen molar-refractivity contribution in [2.75, 3.05) is 25.6 Å². The van der Waals surface area contributed by atoms with Gasteiger partial charge in [0.2, 0.25) is 0 Å². The molecule has 3 aromatic rings. The van der Waals surface area contributed by atoms with Gasteiger partial charge in [-0.15, -0.1) is 0 Å². The third-order valence-electron chi connectivity index (χ3n) is 4.51. The molecule has 3 heterocycles. The summed E-state index contributed by atoms with van der Waals surface area (Å²) in [6.07, 6.45) is 0. The third-order valence-corrected chi connectivity index (χ3v) is 4.51. The van der Waals surface area contributed by atoms with Crippen LogP contribution in [-0.2, 0) is 4.74 Å². The lowest BCUT2D eigenvalue weighted by atomic mass is 10.1. The van der Waals surface area contributed by atoms with Crippen molar-refractivity contribution in [1.29, 1.82) is 0 Å². The Hall–Kier alpha value is -3.38. The van der Waals surface area contributed by atoms with Gasteiger partial charge in [-0.25, -0.2) is 9.37 Å². The first-order valence-corrected chi connectivity index (χ1v) is 8.33. The quantitative estimate of drug-likeness (QED) is 0.604. The molecule has 27 heavy (non-hydrogen) atoms. The van der Waals surface area contributed by atoms with E-state index in [9.17, 15) is 9.18 Å². The number of ether oxygens (including phenoxy) is 1. The summed E-state index contributed by atoms with van der Waals surface area (Å²) in [7, 11) is 1.61. The molecule has 2 aromatic heterocycles. The zero-order valence-corrected chi connectivity index (χ0v) is 14.8. The summed E-state index contributed by atoms with van der Waals surface area (Å²) in [5.74, 6) is 5.41. The van der Waals surface area contributed by atoms with Gasteiger partial charge < -0.3 is 20.4 Å². The molecule has 9 heteroatoms. The monoisotopic (exact) mass is 368 g/mol. The number of nitrogens with two attached hydrogens (primary N) is 1. The van der Waals surface area contributed by atoms with Gasteiger partial charge in [-0.3, -0.25) is 9.89 Å². The van der Waals surface area contributed by atoms with Crippen LogP contribution in [0.2, 0.25) is 0 Å². The average molecular weight is 368 g/mol. The number of nitrogens with one attached hydrogen (secondary N) is 2. The first-order chi connectivity index (χ1) is 13.0. The predicted molar refractivity (Wildman–Crippen MR) is 96.9 cm³/mol. The summed E-state index contributed by atoms with van der Waals surface area (Å²) < 4.78 is 21.8. The molecule has 8 nitrogen and oxygen atoms in total. The first kappa shape index (κ1) is 17.1. The van der Waals surface area contributed by atoms with Crippen LogP contribution in [0.1, 0.15) is 33.5 Å². The molecule has 0 saturated carbocycles. The minimum atomic E-state index is -0.676. The first-order valence-electron chi connectivity index (χ1n) is 8.33. The summed E-state index contributed by atoms with van der Waals surface area (Å²) in [6, 6.07) is 3.20. The van der Waals surface area contributed by atoms with Crippen molar-refractivity contribution in [3.8, 4) is 11.8 Å². The number of fused-ring (bicyclic) bond motifs is 1. The second kappa shape index (κ2) is 6.41. The number of amides is 1. The molecule has 1 fully saturated rings. The van der Waals surface area contributed by atoms with Crippen molar-refractivity contribution in [3.05, 3.63) is 40.6 Å². The molecule has 1 amide bonds. The van der Waals surface area contributed by atoms with E-state index in [4.69, 9.17) is 10.5 Å². The van der Waals surface area contributed by atoms with Crippen LogP contribution >= 0.6 is 0 Å². The molecule has 1 aliphatic rings. The molecule has 138 valence electrons. The Bertz CT molecular complexity index is 1120. The number of rotatable bonds is 3. The van der Waals surface area contributed by atoms with E-state index in [1.807, 2.05) is 11.5 Å². The number of carbonyl (C=O) groups excluding carboxylic acids is 1. The summed E-state index contributed by atoms with van der Waals surface area (Å²) in [4.78, 5) is 16.1. The van der Waals surface area contributed by atoms with Gasteiger partial charge in [0.05, 0.1) is 35.9 Å². The third kappa shape index (κ3) is 2.80. The Kier molecular flexibility index (Phi) is 4.05. The molecule has 1 saturated heterocycles. The molecule has 0 unspecified atom stereocenters. The van der Waals surface area contributed by atoms with E-state index in [-0.39, 0.29) is 22.9 Å². The minimum absolute atomic E-state index is 0.136. The summed E-state index contributed by atoms with van der Waals surface area (Å²) in [5, 5.41) is 9.32. The highest BCUT2D eigenvalue weighted by Crippen LogP contribution is 2.27. The van der Waals surface area contributed by atoms with Crippen LogP contribution in [-0.4, -0.2) is 45.9 Å². The number of imidazole rings is 1. The Balaban J connectivity index is 1.76. The molecule has 4 rings (SSSR count). The van der Waals surface area contributed by atoms with Crippen molar-refractivity contribution in [3.63, 3.8) is 0 Å². The van der Waals surface area contributed by atoms with Crippen LogP contribution < -0.4 is 11.1 Å². The number of anilines is 1. The zero-order valence-electron chi connectivity index (χ0n) is 14.8. The van der Waals surface area contributed by atoms with Crippen LogP contribution in [0.3, 0.4) is 0 Å². The van der Waals surface area contributed by atoms with Crippen molar-refractivity contribution in [2.45, 2.75) is 13.0 Å². The SMILES string of the molecule is CNc1n[nH]c(C#Cc2cc3nc(C)n(C4COC4)c3cc2F)c1C(N)=O. The maximum atomic E-state index is 14.6. The number of halogens is 1. The van der Waals surface area contributed by atoms with E-state index in [1.54, 1.807) is 13.1 Å². The van der Waals surface area contributed by atoms with Gasteiger partial charge in [-0.1, -0.05) is 5.92 Å². The van der Waals surface area contributed by atoms with Crippen LogP contribution in [0.5, 0.6) is 0 Å². The van der Waals surface area contributed by atoms with Crippen LogP contribution in [0.25, 0.3) is 11.0 Å². The predicted octanol–water partition coefficient (Wildman–Crippen LogP) is 1.32. The van der Waals surface area contributed by atoms with Crippen molar-refractivity contribution < 1.29 is 13.9 Å². The second-order valence-electron chi connectivity index (χ2n) is 6.23. The number of hydrogen-bond acceptors (Lipinski definition) is 5. The Morgan fingerprint density at radius 2 is 2.22 bits per heavy atom. The molecule has 1 aliphatic heterocycles. The van der Waals surface area contributed by atoms with Crippen molar-refractivity contribution in [1.82, 2.24) is 19.7 Å². The number of aromatic amines is 1. The number of aryl methyl sites for hydroxylation is 1. The fourth-order valence-electron chi connectivity index (χ4n) is 3.15. The highest BCUT2D eigenvalue weighted by Gasteiger charge is 2.25. The van der Waals surface area contributed by atoms with E-state index in [0.717, 1.165) is 5.82 Å². The molecule has 0 aliphatic carbocycles. The summed E-state index contributed by atoms with van der Waals surface area (Å²) in [6.45, 7) is 3.07. The summed E-state index contributed by atoms with van der Waals surface area (Å²) in [5.41, 5.74) is 7.27. The fraction of sp³-hybridized carbons (Fsp3) is 0.278. The van der Waals surface area contributed by atoms with Crippen LogP contribution in [0.4, 0.5) is 10.2 Å². The average Bonchev–Trinajstić information content (AvgIpc) is 3.13. The largest absolute Gasteiger partial charge is 0.377 e. The Morgan fingerprint density at radius 1 is 1.44 bits per heavy atom. The number of benzene rings is 1. The molecule has 4 N–H and O–H groups in total. The molecule has 0 bridgehead atoms. The Labute approximate surface area is 153 Å². The molecule has 0 radical (unpaired) electrons. The molecular weight excluding hydrogens is 351 g/mol. The Morgan fingerprint density at radius 3 is 2.85 bits per heavy atom. The van der Waals surface area contributed by atoms with Crippen molar-refractivity contribution in [2.24, 2.45) is 5.73 Å². The summed E-state index contributed by atoms with van der Waals surface area (Å²) >= 11 is 0. The number of aromatic nitrogens is 4.